The summed E-state index contributed by atoms with van der Waals surface area (Å²) in [6, 6.07) is 4.89. The third kappa shape index (κ3) is 3.36. The summed E-state index contributed by atoms with van der Waals surface area (Å²) in [5.41, 5.74) is 0.775. The number of benzene rings is 1. The van der Waals surface area contributed by atoms with Crippen molar-refractivity contribution in [2.45, 2.75) is 12.8 Å². The highest BCUT2D eigenvalue weighted by Gasteiger charge is 2.24. The van der Waals surface area contributed by atoms with E-state index in [1.807, 2.05) is 7.05 Å². The van der Waals surface area contributed by atoms with Gasteiger partial charge in [0.1, 0.15) is 5.69 Å². The molecule has 0 bridgehead atoms. The monoisotopic (exact) mass is 283 g/mol. The second-order valence-corrected chi connectivity index (χ2v) is 5.31. The fraction of sp³-hybridized carbons (Fsp3) is 0.538. The van der Waals surface area contributed by atoms with Crippen LogP contribution in [-0.2, 0) is 0 Å². The number of rotatable bonds is 4. The number of nitro benzene ring substituents is 1. The average Bonchev–Trinajstić information content (AvgIpc) is 2.40. The van der Waals surface area contributed by atoms with E-state index in [1.54, 1.807) is 12.1 Å². The second kappa shape index (κ2) is 6.21. The van der Waals surface area contributed by atoms with Crippen molar-refractivity contribution in [2.75, 3.05) is 31.6 Å². The molecule has 1 aliphatic rings. The molecule has 0 saturated carbocycles. The summed E-state index contributed by atoms with van der Waals surface area (Å²) in [6.45, 7) is 2.72. The third-order valence-corrected chi connectivity index (χ3v) is 3.82. The predicted molar refractivity (Wildman–Crippen MR) is 77.0 cm³/mol. The molecule has 1 aliphatic heterocycles. The number of nitrogens with zero attached hydrogens (tertiary/aromatic N) is 2. The topological polar surface area (TPSA) is 58.4 Å². The lowest BCUT2D eigenvalue weighted by Crippen LogP contribution is -2.37. The number of hydrogen-bond donors (Lipinski definition) is 1. The van der Waals surface area contributed by atoms with Crippen LogP contribution in [0.15, 0.2) is 18.2 Å². The van der Waals surface area contributed by atoms with E-state index in [-0.39, 0.29) is 10.6 Å². The van der Waals surface area contributed by atoms with Crippen molar-refractivity contribution in [3.63, 3.8) is 0 Å². The maximum Gasteiger partial charge on any atom is 0.294 e. The van der Waals surface area contributed by atoms with Crippen LogP contribution in [0.2, 0.25) is 5.02 Å². The lowest BCUT2D eigenvalue weighted by atomic mass is 9.96. The van der Waals surface area contributed by atoms with E-state index in [0.29, 0.717) is 16.6 Å². The Hall–Kier alpha value is -1.33. The highest BCUT2D eigenvalue weighted by atomic mass is 35.5. The van der Waals surface area contributed by atoms with Crippen LogP contribution >= 0.6 is 11.6 Å². The largest absolute Gasteiger partial charge is 0.366 e. The molecule has 0 spiro atoms. The lowest BCUT2D eigenvalue weighted by Gasteiger charge is -2.33. The first-order valence-electron chi connectivity index (χ1n) is 6.45. The zero-order chi connectivity index (χ0) is 13.8. The summed E-state index contributed by atoms with van der Waals surface area (Å²) in [4.78, 5) is 12.8. The minimum absolute atomic E-state index is 0.0968. The van der Waals surface area contributed by atoms with E-state index in [9.17, 15) is 10.1 Å². The minimum atomic E-state index is -0.360. The van der Waals surface area contributed by atoms with Crippen molar-refractivity contribution in [3.05, 3.63) is 33.3 Å². The average molecular weight is 284 g/mol. The highest BCUT2D eigenvalue weighted by molar-refractivity contribution is 6.30. The molecular formula is C13H18ClN3O2. The van der Waals surface area contributed by atoms with Gasteiger partial charge >= 0.3 is 0 Å². The smallest absolute Gasteiger partial charge is 0.294 e. The van der Waals surface area contributed by atoms with E-state index in [1.165, 1.54) is 6.07 Å². The van der Waals surface area contributed by atoms with Crippen LogP contribution < -0.4 is 10.2 Å². The molecule has 0 unspecified atom stereocenters. The molecule has 1 saturated heterocycles. The molecule has 5 nitrogen and oxygen atoms in total. The summed E-state index contributed by atoms with van der Waals surface area (Å²) in [5, 5.41) is 14.7. The van der Waals surface area contributed by atoms with Crippen molar-refractivity contribution < 1.29 is 4.92 Å². The molecule has 104 valence electrons. The van der Waals surface area contributed by atoms with Gasteiger partial charge in [0.25, 0.3) is 5.69 Å². The van der Waals surface area contributed by atoms with Crippen LogP contribution in [0.4, 0.5) is 11.4 Å². The fourth-order valence-electron chi connectivity index (χ4n) is 2.58. The van der Waals surface area contributed by atoms with E-state index in [2.05, 4.69) is 10.2 Å². The molecule has 19 heavy (non-hydrogen) atoms. The quantitative estimate of drug-likeness (QED) is 0.682. The van der Waals surface area contributed by atoms with Crippen molar-refractivity contribution >= 4 is 23.0 Å². The van der Waals surface area contributed by atoms with E-state index >= 15 is 0 Å². The number of halogens is 1. The molecule has 0 atom stereocenters. The summed E-state index contributed by atoms with van der Waals surface area (Å²) < 4.78 is 0. The number of nitro groups is 1. The van der Waals surface area contributed by atoms with Gasteiger partial charge in [0.05, 0.1) is 4.92 Å². The highest BCUT2D eigenvalue weighted by Crippen LogP contribution is 2.33. The molecule has 1 fully saturated rings. The van der Waals surface area contributed by atoms with Crippen LogP contribution in [0.3, 0.4) is 0 Å². The summed E-state index contributed by atoms with van der Waals surface area (Å²) in [6.07, 6.45) is 2.11. The van der Waals surface area contributed by atoms with Crippen molar-refractivity contribution in [1.82, 2.24) is 5.32 Å². The molecule has 0 amide bonds. The number of piperidine rings is 1. The normalized spacial score (nSPS) is 16.6. The Labute approximate surface area is 117 Å². The maximum atomic E-state index is 11.1. The Morgan fingerprint density at radius 2 is 2.16 bits per heavy atom. The Kier molecular flexibility index (Phi) is 4.61. The van der Waals surface area contributed by atoms with Gasteiger partial charge in [0, 0.05) is 24.2 Å². The number of anilines is 1. The molecule has 1 aromatic rings. The van der Waals surface area contributed by atoms with Crippen molar-refractivity contribution in [3.8, 4) is 0 Å². The van der Waals surface area contributed by atoms with Crippen molar-refractivity contribution in [1.29, 1.82) is 0 Å². The minimum Gasteiger partial charge on any atom is -0.366 e. The molecule has 2 rings (SSSR count). The second-order valence-electron chi connectivity index (χ2n) is 4.88. The SMILES string of the molecule is CNCC1CCN(c2ccc(Cl)cc2[N+](=O)[O-])CC1. The van der Waals surface area contributed by atoms with E-state index in [0.717, 1.165) is 32.5 Å². The first-order chi connectivity index (χ1) is 9.11. The van der Waals surface area contributed by atoms with E-state index in [4.69, 9.17) is 11.6 Å². The fourth-order valence-corrected chi connectivity index (χ4v) is 2.74. The molecule has 0 aromatic heterocycles. The third-order valence-electron chi connectivity index (χ3n) is 3.58. The molecule has 1 N–H and O–H groups in total. The molecule has 0 radical (unpaired) electrons. The van der Waals surface area contributed by atoms with Crippen molar-refractivity contribution in [2.24, 2.45) is 5.92 Å². The molecule has 1 heterocycles. The van der Waals surface area contributed by atoms with Gasteiger partial charge in [-0.1, -0.05) is 11.6 Å². The van der Waals surface area contributed by atoms with Gasteiger partial charge in [0.15, 0.2) is 0 Å². The number of hydrogen-bond acceptors (Lipinski definition) is 4. The standard InChI is InChI=1S/C13H18ClN3O2/c1-15-9-10-4-6-16(7-5-10)12-3-2-11(14)8-13(12)17(18)19/h2-3,8,10,15H,4-7,9H2,1H3. The van der Waals surface area contributed by atoms with Gasteiger partial charge in [0.2, 0.25) is 0 Å². The van der Waals surface area contributed by atoms with Crippen LogP contribution in [-0.4, -0.2) is 31.6 Å². The molecule has 1 aromatic carbocycles. The van der Waals surface area contributed by atoms with Gasteiger partial charge in [-0.2, -0.15) is 0 Å². The maximum absolute atomic E-state index is 11.1. The Balaban J connectivity index is 2.13. The van der Waals surface area contributed by atoms with Gasteiger partial charge < -0.3 is 10.2 Å². The van der Waals surface area contributed by atoms with Gasteiger partial charge in [-0.15, -0.1) is 0 Å². The van der Waals surface area contributed by atoms with Gasteiger partial charge in [-0.05, 0) is 44.5 Å². The molecule has 6 heteroatoms. The van der Waals surface area contributed by atoms with Gasteiger partial charge in [-0.25, -0.2) is 0 Å². The summed E-state index contributed by atoms with van der Waals surface area (Å²) in [7, 11) is 1.95. The first kappa shape index (κ1) is 14.1. The zero-order valence-corrected chi connectivity index (χ0v) is 11.7. The molecular weight excluding hydrogens is 266 g/mol. The Bertz CT molecular complexity index is 459. The lowest BCUT2D eigenvalue weighted by molar-refractivity contribution is -0.384. The molecule has 0 aliphatic carbocycles. The Morgan fingerprint density at radius 1 is 1.47 bits per heavy atom. The predicted octanol–water partition coefficient (Wildman–Crippen LogP) is 2.68. The Morgan fingerprint density at radius 3 is 2.74 bits per heavy atom. The van der Waals surface area contributed by atoms with Crippen LogP contribution in [0.5, 0.6) is 0 Å². The zero-order valence-electron chi connectivity index (χ0n) is 10.9. The van der Waals surface area contributed by atoms with Gasteiger partial charge in [-0.3, -0.25) is 10.1 Å². The van der Waals surface area contributed by atoms with Crippen LogP contribution in [0.25, 0.3) is 0 Å². The number of nitrogens with one attached hydrogen (secondary N) is 1. The summed E-state index contributed by atoms with van der Waals surface area (Å²) >= 11 is 5.83. The first-order valence-corrected chi connectivity index (χ1v) is 6.83. The van der Waals surface area contributed by atoms with Crippen LogP contribution in [0, 0.1) is 16.0 Å². The van der Waals surface area contributed by atoms with Crippen LogP contribution in [0.1, 0.15) is 12.8 Å². The van der Waals surface area contributed by atoms with E-state index < -0.39 is 0 Å². The summed E-state index contributed by atoms with van der Waals surface area (Å²) in [5.74, 6) is 0.660.